The van der Waals surface area contributed by atoms with Crippen LogP contribution in [0.2, 0.25) is 0 Å². The fourth-order valence-electron chi connectivity index (χ4n) is 5.10. The number of piperidine rings is 2. The summed E-state index contributed by atoms with van der Waals surface area (Å²) in [7, 11) is 1.88. The number of nitrogens with zero attached hydrogens (tertiary/aromatic N) is 4. The van der Waals surface area contributed by atoms with E-state index in [2.05, 4.69) is 10.4 Å². The molecule has 154 valence electrons. The van der Waals surface area contributed by atoms with Crippen LogP contribution in [0.4, 0.5) is 0 Å². The van der Waals surface area contributed by atoms with E-state index in [1.807, 2.05) is 29.8 Å². The minimum absolute atomic E-state index is 0.0586. The second-order valence-electron chi connectivity index (χ2n) is 8.86. The molecule has 3 aliphatic heterocycles. The molecule has 4 rings (SSSR count). The van der Waals surface area contributed by atoms with E-state index in [9.17, 15) is 9.59 Å². The molecule has 1 aromatic heterocycles. The second kappa shape index (κ2) is 8.23. The lowest BCUT2D eigenvalue weighted by molar-refractivity contribution is -0.130. The van der Waals surface area contributed by atoms with Crippen molar-refractivity contribution in [1.82, 2.24) is 24.9 Å². The van der Waals surface area contributed by atoms with Crippen LogP contribution in [0.15, 0.2) is 6.07 Å². The molecule has 7 nitrogen and oxygen atoms in total. The van der Waals surface area contributed by atoms with Crippen molar-refractivity contribution in [3.05, 3.63) is 17.5 Å². The lowest BCUT2D eigenvalue weighted by Crippen LogP contribution is -2.57. The Morgan fingerprint density at radius 3 is 2.71 bits per heavy atom. The fraction of sp³-hybridized carbons (Fsp3) is 0.762. The topological polar surface area (TPSA) is 70.5 Å². The highest BCUT2D eigenvalue weighted by Gasteiger charge is 2.38. The monoisotopic (exact) mass is 387 g/mol. The first-order valence-corrected chi connectivity index (χ1v) is 10.8. The van der Waals surface area contributed by atoms with Gasteiger partial charge in [0.25, 0.3) is 5.91 Å². The molecule has 4 heterocycles. The van der Waals surface area contributed by atoms with Gasteiger partial charge in [0.2, 0.25) is 5.91 Å². The summed E-state index contributed by atoms with van der Waals surface area (Å²) >= 11 is 0. The van der Waals surface area contributed by atoms with Gasteiger partial charge < -0.3 is 15.1 Å². The Bertz CT molecular complexity index is 705. The molecular formula is C21H33N5O2. The lowest BCUT2D eigenvalue weighted by atomic mass is 9.79. The number of hydrogen-bond donors (Lipinski definition) is 1. The summed E-state index contributed by atoms with van der Waals surface area (Å²) in [5.41, 5.74) is 1.56. The number of carbonyl (C=O) groups excluding carboxylic acids is 2. The zero-order valence-electron chi connectivity index (χ0n) is 17.2. The molecule has 3 atom stereocenters. The van der Waals surface area contributed by atoms with Crippen molar-refractivity contribution in [2.75, 3.05) is 32.7 Å². The molecule has 2 unspecified atom stereocenters. The highest BCUT2D eigenvalue weighted by molar-refractivity contribution is 5.92. The van der Waals surface area contributed by atoms with Crippen molar-refractivity contribution in [1.29, 1.82) is 0 Å². The fourth-order valence-corrected chi connectivity index (χ4v) is 5.10. The van der Waals surface area contributed by atoms with Gasteiger partial charge in [-0.3, -0.25) is 14.3 Å². The molecule has 2 bridgehead atoms. The quantitative estimate of drug-likeness (QED) is 0.833. The van der Waals surface area contributed by atoms with E-state index in [1.54, 1.807) is 4.68 Å². The van der Waals surface area contributed by atoms with Gasteiger partial charge in [0.15, 0.2) is 5.69 Å². The number of aromatic nitrogens is 2. The normalized spacial score (nSPS) is 27.3. The Kier molecular flexibility index (Phi) is 5.71. The highest BCUT2D eigenvalue weighted by Crippen LogP contribution is 2.31. The number of amides is 2. The van der Waals surface area contributed by atoms with Gasteiger partial charge in [0, 0.05) is 51.4 Å². The standard InChI is InChI=1S/C21H33N5O2/c1-15-10-19(23-24(15)2)21(28)26-13-16-11-17(14-26)18(22-12-16)6-5-7-20(27)25-8-3-4-9-25/h10,16-18,22H,3-9,11-14H2,1-2H3/t16?,17?,18-/m1/s1. The van der Waals surface area contributed by atoms with Crippen molar-refractivity contribution < 1.29 is 9.59 Å². The van der Waals surface area contributed by atoms with Gasteiger partial charge in [-0.1, -0.05) is 0 Å². The van der Waals surface area contributed by atoms with Crippen molar-refractivity contribution in [3.8, 4) is 0 Å². The minimum Gasteiger partial charge on any atom is -0.343 e. The summed E-state index contributed by atoms with van der Waals surface area (Å²) < 4.78 is 1.76. The molecule has 3 fully saturated rings. The SMILES string of the molecule is Cc1cc(C(=O)N2CC3CN[C@H](CCCC(=O)N4CCCC4)C(C3)C2)nn1C. The summed E-state index contributed by atoms with van der Waals surface area (Å²) in [4.78, 5) is 29.2. The summed E-state index contributed by atoms with van der Waals surface area (Å²) in [6.07, 6.45) is 6.09. The molecular weight excluding hydrogens is 354 g/mol. The Labute approximate surface area is 167 Å². The maximum atomic E-state index is 12.9. The molecule has 3 aliphatic rings. The van der Waals surface area contributed by atoms with E-state index >= 15 is 0 Å². The zero-order chi connectivity index (χ0) is 19.7. The predicted octanol–water partition coefficient (Wildman–Crippen LogP) is 1.57. The first kappa shape index (κ1) is 19.4. The van der Waals surface area contributed by atoms with Crippen LogP contribution in [0.3, 0.4) is 0 Å². The molecule has 0 aliphatic carbocycles. The number of likely N-dealkylation sites (tertiary alicyclic amines) is 2. The molecule has 0 aromatic carbocycles. The van der Waals surface area contributed by atoms with Crippen LogP contribution < -0.4 is 5.32 Å². The summed E-state index contributed by atoms with van der Waals surface area (Å²) in [6, 6.07) is 2.29. The van der Waals surface area contributed by atoms with E-state index < -0.39 is 0 Å². The number of carbonyl (C=O) groups is 2. The molecule has 1 N–H and O–H groups in total. The molecule has 0 saturated carbocycles. The number of hydrogen-bond acceptors (Lipinski definition) is 4. The molecule has 0 spiro atoms. The third-order valence-corrected chi connectivity index (χ3v) is 6.79. The van der Waals surface area contributed by atoms with E-state index in [4.69, 9.17) is 0 Å². The van der Waals surface area contributed by atoms with Crippen molar-refractivity contribution in [3.63, 3.8) is 0 Å². The molecule has 3 saturated heterocycles. The van der Waals surface area contributed by atoms with Crippen LogP contribution in [-0.4, -0.2) is 70.2 Å². The average Bonchev–Trinajstić information content (AvgIpc) is 3.33. The third-order valence-electron chi connectivity index (χ3n) is 6.79. The van der Waals surface area contributed by atoms with Crippen LogP contribution >= 0.6 is 0 Å². The Hall–Kier alpha value is -1.89. The Morgan fingerprint density at radius 2 is 2.00 bits per heavy atom. The van der Waals surface area contributed by atoms with Gasteiger partial charge in [-0.15, -0.1) is 0 Å². The molecule has 2 amide bonds. The van der Waals surface area contributed by atoms with Crippen molar-refractivity contribution >= 4 is 11.8 Å². The number of aryl methyl sites for hydroxylation is 2. The number of rotatable bonds is 5. The molecule has 28 heavy (non-hydrogen) atoms. The largest absolute Gasteiger partial charge is 0.343 e. The van der Waals surface area contributed by atoms with Crippen molar-refractivity contribution in [2.45, 2.75) is 51.5 Å². The van der Waals surface area contributed by atoms with Crippen LogP contribution in [-0.2, 0) is 11.8 Å². The maximum absolute atomic E-state index is 12.9. The lowest BCUT2D eigenvalue weighted by Gasteiger charge is -2.46. The van der Waals surface area contributed by atoms with Gasteiger partial charge in [-0.05, 0) is 63.5 Å². The maximum Gasteiger partial charge on any atom is 0.274 e. The summed E-state index contributed by atoms with van der Waals surface area (Å²) in [5, 5.41) is 8.07. The number of fused-ring (bicyclic) bond motifs is 2. The zero-order valence-corrected chi connectivity index (χ0v) is 17.2. The Balaban J connectivity index is 1.31. The van der Waals surface area contributed by atoms with Gasteiger partial charge in [0.05, 0.1) is 0 Å². The third kappa shape index (κ3) is 4.09. The highest BCUT2D eigenvalue weighted by atomic mass is 16.2. The van der Waals surface area contributed by atoms with Crippen molar-refractivity contribution in [2.24, 2.45) is 18.9 Å². The van der Waals surface area contributed by atoms with Gasteiger partial charge in [-0.2, -0.15) is 5.10 Å². The van der Waals surface area contributed by atoms with E-state index in [1.165, 1.54) is 6.42 Å². The summed E-state index contributed by atoms with van der Waals surface area (Å²) in [5.74, 6) is 1.37. The van der Waals surface area contributed by atoms with E-state index in [0.29, 0.717) is 35.9 Å². The van der Waals surface area contributed by atoms with Crippen LogP contribution in [0.25, 0.3) is 0 Å². The first-order valence-electron chi connectivity index (χ1n) is 10.8. The van der Waals surface area contributed by atoms with E-state index in [0.717, 1.165) is 64.1 Å². The van der Waals surface area contributed by atoms with Crippen LogP contribution in [0.5, 0.6) is 0 Å². The smallest absolute Gasteiger partial charge is 0.274 e. The minimum atomic E-state index is 0.0586. The second-order valence-corrected chi connectivity index (χ2v) is 8.86. The Morgan fingerprint density at radius 1 is 1.21 bits per heavy atom. The number of nitrogens with one attached hydrogen (secondary N) is 1. The first-order chi connectivity index (χ1) is 13.5. The molecule has 1 aromatic rings. The molecule has 7 heteroatoms. The van der Waals surface area contributed by atoms with E-state index in [-0.39, 0.29) is 5.91 Å². The molecule has 0 radical (unpaired) electrons. The van der Waals surface area contributed by atoms with Crippen LogP contribution in [0, 0.1) is 18.8 Å². The van der Waals surface area contributed by atoms with Gasteiger partial charge >= 0.3 is 0 Å². The average molecular weight is 388 g/mol. The van der Waals surface area contributed by atoms with Gasteiger partial charge in [-0.25, -0.2) is 0 Å². The predicted molar refractivity (Wildman–Crippen MR) is 107 cm³/mol. The van der Waals surface area contributed by atoms with Gasteiger partial charge in [0.1, 0.15) is 0 Å². The van der Waals surface area contributed by atoms with Crippen LogP contribution in [0.1, 0.15) is 54.7 Å². The summed E-state index contributed by atoms with van der Waals surface area (Å²) in [6.45, 7) is 6.43.